The molecule has 0 heterocycles. The second-order valence-electron chi connectivity index (χ2n) is 7.85. The van der Waals surface area contributed by atoms with Crippen LogP contribution in [-0.4, -0.2) is 19.1 Å². The van der Waals surface area contributed by atoms with Gasteiger partial charge in [-0.3, -0.25) is 4.79 Å². The summed E-state index contributed by atoms with van der Waals surface area (Å²) < 4.78 is 5.57. The normalized spacial score (nSPS) is 11.1. The van der Waals surface area contributed by atoms with E-state index in [4.69, 9.17) is 4.74 Å². The van der Waals surface area contributed by atoms with Crippen molar-refractivity contribution in [2.45, 2.75) is 96.8 Å². The van der Waals surface area contributed by atoms with E-state index in [1.807, 2.05) is 30.3 Å². The molecule has 1 amide bonds. The van der Waals surface area contributed by atoms with Crippen LogP contribution in [0.5, 0.6) is 5.75 Å². The van der Waals surface area contributed by atoms with Crippen molar-refractivity contribution in [3.63, 3.8) is 0 Å². The Hall–Kier alpha value is -1.77. The van der Waals surface area contributed by atoms with Gasteiger partial charge in [0, 0.05) is 6.42 Å². The lowest BCUT2D eigenvalue weighted by Gasteiger charge is -2.07. The Morgan fingerprint density at radius 2 is 1.41 bits per heavy atom. The summed E-state index contributed by atoms with van der Waals surface area (Å²) in [6.45, 7) is 3.35. The maximum atomic E-state index is 11.8. The average Bonchev–Trinajstić information content (AvgIpc) is 2.75. The lowest BCUT2D eigenvalue weighted by molar-refractivity contribution is -0.121. The molecule has 0 aromatic heterocycles. The van der Waals surface area contributed by atoms with E-state index in [-0.39, 0.29) is 5.91 Å². The molecule has 29 heavy (non-hydrogen) atoms. The molecule has 0 bridgehead atoms. The van der Waals surface area contributed by atoms with Crippen molar-refractivity contribution in [3.05, 3.63) is 42.5 Å². The summed E-state index contributed by atoms with van der Waals surface area (Å²) in [5.74, 6) is 0.985. The van der Waals surface area contributed by atoms with Crippen LogP contribution in [0.3, 0.4) is 0 Å². The van der Waals surface area contributed by atoms with Gasteiger partial charge < -0.3 is 10.1 Å². The van der Waals surface area contributed by atoms with Crippen molar-refractivity contribution < 1.29 is 9.53 Å². The van der Waals surface area contributed by atoms with Crippen LogP contribution < -0.4 is 10.1 Å². The molecule has 0 spiro atoms. The molecule has 0 saturated carbocycles. The average molecular weight is 402 g/mol. The maximum Gasteiger partial charge on any atom is 0.220 e. The molecular formula is C26H43NO2. The lowest BCUT2D eigenvalue weighted by Crippen LogP contribution is -2.27. The summed E-state index contributed by atoms with van der Waals surface area (Å²) in [5.41, 5.74) is 0. The minimum Gasteiger partial charge on any atom is -0.492 e. The highest BCUT2D eigenvalue weighted by Gasteiger charge is 2.00. The van der Waals surface area contributed by atoms with Gasteiger partial charge in [-0.1, -0.05) is 88.6 Å². The first-order valence-corrected chi connectivity index (χ1v) is 11.9. The Balaban J connectivity index is 1.79. The van der Waals surface area contributed by atoms with Gasteiger partial charge in [-0.05, 0) is 44.2 Å². The number of para-hydroxylation sites is 1. The van der Waals surface area contributed by atoms with E-state index in [0.717, 1.165) is 18.6 Å². The third kappa shape index (κ3) is 16.9. The Bertz CT molecular complexity index is 513. The van der Waals surface area contributed by atoms with E-state index in [9.17, 15) is 4.79 Å². The highest BCUT2D eigenvalue weighted by Crippen LogP contribution is 2.10. The van der Waals surface area contributed by atoms with E-state index in [0.29, 0.717) is 19.6 Å². The minimum atomic E-state index is 0.138. The predicted octanol–water partition coefficient (Wildman–Crippen LogP) is 7.22. The van der Waals surface area contributed by atoms with Crippen LogP contribution in [-0.2, 0) is 4.79 Å². The van der Waals surface area contributed by atoms with Crippen molar-refractivity contribution in [1.82, 2.24) is 5.32 Å². The molecule has 0 fully saturated rings. The topological polar surface area (TPSA) is 38.3 Å². The largest absolute Gasteiger partial charge is 0.492 e. The molecule has 1 N–H and O–H groups in total. The van der Waals surface area contributed by atoms with Crippen molar-refractivity contribution in [1.29, 1.82) is 0 Å². The summed E-state index contributed by atoms with van der Waals surface area (Å²) in [4.78, 5) is 11.8. The Morgan fingerprint density at radius 3 is 2.07 bits per heavy atom. The second-order valence-corrected chi connectivity index (χ2v) is 7.85. The van der Waals surface area contributed by atoms with E-state index >= 15 is 0 Å². The van der Waals surface area contributed by atoms with Gasteiger partial charge in [-0.25, -0.2) is 0 Å². The zero-order valence-electron chi connectivity index (χ0n) is 18.7. The molecule has 0 aliphatic carbocycles. The summed E-state index contributed by atoms with van der Waals surface area (Å²) >= 11 is 0. The first-order chi connectivity index (χ1) is 14.3. The van der Waals surface area contributed by atoms with Gasteiger partial charge in [0.05, 0.1) is 6.54 Å². The van der Waals surface area contributed by atoms with Crippen LogP contribution in [0.4, 0.5) is 0 Å². The fraction of sp³-hybridized carbons (Fsp3) is 0.654. The predicted molar refractivity (Wildman–Crippen MR) is 124 cm³/mol. The number of hydrogen-bond donors (Lipinski definition) is 1. The molecule has 164 valence electrons. The molecule has 0 aliphatic rings. The maximum absolute atomic E-state index is 11.8. The second kappa shape index (κ2) is 19.5. The lowest BCUT2D eigenvalue weighted by atomic mass is 10.1. The SMILES string of the molecule is CCCCCCCC/C=C\CCCCCCCC(=O)NCCOc1ccccc1. The fourth-order valence-electron chi connectivity index (χ4n) is 3.32. The van der Waals surface area contributed by atoms with Crippen LogP contribution in [0.2, 0.25) is 0 Å². The van der Waals surface area contributed by atoms with Gasteiger partial charge in [-0.15, -0.1) is 0 Å². The van der Waals surface area contributed by atoms with Gasteiger partial charge >= 0.3 is 0 Å². The summed E-state index contributed by atoms with van der Waals surface area (Å²) in [5, 5.41) is 2.93. The van der Waals surface area contributed by atoms with Crippen molar-refractivity contribution in [3.8, 4) is 5.75 Å². The smallest absolute Gasteiger partial charge is 0.220 e. The number of rotatable bonds is 19. The Kier molecular flexibility index (Phi) is 17.0. The first kappa shape index (κ1) is 25.3. The molecule has 1 aromatic carbocycles. The van der Waals surface area contributed by atoms with Gasteiger partial charge in [0.15, 0.2) is 0 Å². The van der Waals surface area contributed by atoms with Crippen LogP contribution in [0.15, 0.2) is 42.5 Å². The van der Waals surface area contributed by atoms with Crippen LogP contribution in [0.1, 0.15) is 96.8 Å². The molecule has 0 unspecified atom stereocenters. The zero-order chi connectivity index (χ0) is 20.8. The number of nitrogens with one attached hydrogen (secondary N) is 1. The number of ether oxygens (including phenoxy) is 1. The highest BCUT2D eigenvalue weighted by atomic mass is 16.5. The van der Waals surface area contributed by atoms with Gasteiger partial charge in [0.25, 0.3) is 0 Å². The van der Waals surface area contributed by atoms with Gasteiger partial charge in [0.1, 0.15) is 12.4 Å². The van der Waals surface area contributed by atoms with E-state index in [2.05, 4.69) is 24.4 Å². The monoisotopic (exact) mass is 401 g/mol. The fourth-order valence-corrected chi connectivity index (χ4v) is 3.32. The third-order valence-corrected chi connectivity index (χ3v) is 5.10. The van der Waals surface area contributed by atoms with Crippen molar-refractivity contribution in [2.24, 2.45) is 0 Å². The minimum absolute atomic E-state index is 0.138. The molecule has 0 atom stereocenters. The summed E-state index contributed by atoms with van der Waals surface area (Å²) in [7, 11) is 0. The number of amides is 1. The molecule has 0 radical (unpaired) electrons. The number of hydrogen-bond acceptors (Lipinski definition) is 2. The standard InChI is InChI=1S/C26H43NO2/c1-2-3-4-5-6-7-8-9-10-11-12-13-14-15-19-22-26(28)27-23-24-29-25-20-17-16-18-21-25/h9-10,16-18,20-21H,2-8,11-15,19,22-24H2,1H3,(H,27,28)/b10-9-. The molecule has 1 aromatic rings. The van der Waals surface area contributed by atoms with Crippen LogP contribution in [0.25, 0.3) is 0 Å². The third-order valence-electron chi connectivity index (χ3n) is 5.10. The molecule has 0 aliphatic heterocycles. The number of carbonyl (C=O) groups excluding carboxylic acids is 1. The molecule has 3 heteroatoms. The molecule has 3 nitrogen and oxygen atoms in total. The van der Waals surface area contributed by atoms with Crippen molar-refractivity contribution >= 4 is 5.91 Å². The number of allylic oxidation sites excluding steroid dienone is 2. The quantitative estimate of drug-likeness (QED) is 0.196. The van der Waals surface area contributed by atoms with Gasteiger partial charge in [-0.2, -0.15) is 0 Å². The Morgan fingerprint density at radius 1 is 0.828 bits per heavy atom. The van der Waals surface area contributed by atoms with Crippen LogP contribution in [0, 0.1) is 0 Å². The highest BCUT2D eigenvalue weighted by molar-refractivity contribution is 5.75. The molecule has 0 saturated heterocycles. The Labute approximate surface area is 179 Å². The van der Waals surface area contributed by atoms with E-state index < -0.39 is 0 Å². The summed E-state index contributed by atoms with van der Waals surface area (Å²) in [6, 6.07) is 9.70. The zero-order valence-corrected chi connectivity index (χ0v) is 18.7. The van der Waals surface area contributed by atoms with E-state index in [1.54, 1.807) is 0 Å². The number of benzene rings is 1. The molecule has 1 rings (SSSR count). The van der Waals surface area contributed by atoms with E-state index in [1.165, 1.54) is 70.6 Å². The van der Waals surface area contributed by atoms with Crippen molar-refractivity contribution in [2.75, 3.05) is 13.2 Å². The van der Waals surface area contributed by atoms with Gasteiger partial charge in [0.2, 0.25) is 5.91 Å². The summed E-state index contributed by atoms with van der Waals surface area (Å²) in [6.07, 6.45) is 22.0. The number of unbranched alkanes of at least 4 members (excludes halogenated alkanes) is 11. The van der Waals surface area contributed by atoms with Crippen LogP contribution >= 0.6 is 0 Å². The molecular weight excluding hydrogens is 358 g/mol. The first-order valence-electron chi connectivity index (χ1n) is 11.9. The number of carbonyl (C=O) groups is 1.